The van der Waals surface area contributed by atoms with Gasteiger partial charge in [0.15, 0.2) is 5.78 Å². The van der Waals surface area contributed by atoms with Crippen molar-refractivity contribution in [1.82, 2.24) is 4.30 Å². The maximum atomic E-state index is 11.0. The van der Waals surface area contributed by atoms with E-state index in [1.807, 2.05) is 38.1 Å². The van der Waals surface area contributed by atoms with E-state index in [2.05, 4.69) is 10.1 Å². The van der Waals surface area contributed by atoms with E-state index in [4.69, 9.17) is 0 Å². The van der Waals surface area contributed by atoms with Crippen LogP contribution in [0.15, 0.2) is 24.3 Å². The van der Waals surface area contributed by atoms with Gasteiger partial charge in [-0.15, -0.1) is 0 Å². The Morgan fingerprint density at radius 1 is 1.25 bits per heavy atom. The Kier molecular flexibility index (Phi) is 15.1. The zero-order valence-corrected chi connectivity index (χ0v) is 15.3. The van der Waals surface area contributed by atoms with Gasteiger partial charge in [0, 0.05) is 63.5 Å². The van der Waals surface area contributed by atoms with Gasteiger partial charge in [-0.25, -0.2) is 0 Å². The summed E-state index contributed by atoms with van der Waals surface area (Å²) >= 11 is 0.343. The number of nitrogens with one attached hydrogen (secondary N) is 1. The molecule has 2 nitrogen and oxygen atoms in total. The van der Waals surface area contributed by atoms with Crippen LogP contribution < -0.4 is 4.30 Å². The SMILES string of the molecule is CC.[CH3][Al][NH]Cc1ccc(C(C)=O)cc1.[K]. The van der Waals surface area contributed by atoms with Gasteiger partial charge in [-0.2, -0.15) is 0 Å². The Labute approximate surface area is 148 Å². The average Bonchev–Trinajstić information content (AvgIpc) is 2.29. The minimum Gasteiger partial charge on any atom is -0.402 e. The standard InChI is InChI=1S/C9H10NO.C2H6.CH3.Al.K/c1-7(11)9-4-2-8(6-10)3-5-9;1-2;;;/h2-5,10H,6H2,1H3;1-2H3;1H3;;/q-1;;;+1;. The molecule has 1 aromatic carbocycles. The molecule has 1 N–H and O–H groups in total. The summed E-state index contributed by atoms with van der Waals surface area (Å²) in [6.07, 6.45) is 0. The van der Waals surface area contributed by atoms with Gasteiger partial charge in [0.2, 0.25) is 0 Å². The Hall–Kier alpha value is 1.02. The van der Waals surface area contributed by atoms with Gasteiger partial charge in [-0.1, -0.05) is 43.9 Å². The fourth-order valence-electron chi connectivity index (χ4n) is 1.08. The Morgan fingerprint density at radius 3 is 2.12 bits per heavy atom. The molecule has 0 unspecified atom stereocenters. The normalized spacial score (nSPS) is 8.25. The Balaban J connectivity index is 0. The number of hydrogen-bond acceptors (Lipinski definition) is 2. The van der Waals surface area contributed by atoms with Crippen LogP contribution in [-0.4, -0.2) is 72.6 Å². The molecule has 0 saturated carbocycles. The molecule has 4 heteroatoms. The summed E-state index contributed by atoms with van der Waals surface area (Å²) in [6, 6.07) is 7.76. The van der Waals surface area contributed by atoms with E-state index in [0.717, 1.165) is 12.1 Å². The maximum absolute atomic E-state index is 11.0. The first-order valence-corrected chi connectivity index (χ1v) is 7.08. The molecule has 0 amide bonds. The molecule has 0 aromatic heterocycles. The second kappa shape index (κ2) is 12.5. The van der Waals surface area contributed by atoms with Crippen molar-refractivity contribution in [3.63, 3.8) is 0 Å². The molecule has 82 valence electrons. The summed E-state index contributed by atoms with van der Waals surface area (Å²) in [6.45, 7) is 6.49. The predicted octanol–water partition coefficient (Wildman–Crippen LogP) is 2.29. The van der Waals surface area contributed by atoms with Gasteiger partial charge < -0.3 is 4.30 Å². The summed E-state index contributed by atoms with van der Waals surface area (Å²) in [7, 11) is 0. The van der Waals surface area contributed by atoms with Crippen LogP contribution in [0.2, 0.25) is 5.79 Å². The average molecular weight is 259 g/mol. The van der Waals surface area contributed by atoms with Gasteiger partial charge in [-0.05, 0) is 12.5 Å². The van der Waals surface area contributed by atoms with Crippen LogP contribution in [0.25, 0.3) is 0 Å². The van der Waals surface area contributed by atoms with Crippen LogP contribution in [0.3, 0.4) is 0 Å². The molecule has 0 aliphatic heterocycles. The van der Waals surface area contributed by atoms with E-state index in [1.54, 1.807) is 6.92 Å². The molecular weight excluding hydrogens is 240 g/mol. The largest absolute Gasteiger partial charge is 0.402 e. The fraction of sp³-hybridized carbons (Fsp3) is 0.417. The minimum atomic E-state index is 0. The number of carbonyl (C=O) groups excluding carboxylic acids is 1. The molecular formula is C12H19AlKNO. The molecule has 0 fully saturated rings. The van der Waals surface area contributed by atoms with Gasteiger partial charge in [-0.3, -0.25) is 4.79 Å². The van der Waals surface area contributed by atoms with Gasteiger partial charge in [0.1, 0.15) is 0 Å². The second-order valence-corrected chi connectivity index (χ2v) is 3.91. The van der Waals surface area contributed by atoms with Gasteiger partial charge in [0.25, 0.3) is 0 Å². The summed E-state index contributed by atoms with van der Waals surface area (Å²) in [5.74, 6) is 2.28. The van der Waals surface area contributed by atoms with Crippen LogP contribution in [0, 0.1) is 0 Å². The first kappa shape index (κ1) is 19.4. The fourth-order valence-corrected chi connectivity index (χ4v) is 1.52. The van der Waals surface area contributed by atoms with Crippen molar-refractivity contribution in [3.8, 4) is 0 Å². The molecule has 1 aromatic rings. The topological polar surface area (TPSA) is 29.1 Å². The van der Waals surface area contributed by atoms with Crippen LogP contribution >= 0.6 is 0 Å². The predicted molar refractivity (Wildman–Crippen MR) is 72.0 cm³/mol. The van der Waals surface area contributed by atoms with E-state index < -0.39 is 0 Å². The Morgan fingerprint density at radius 2 is 1.75 bits per heavy atom. The van der Waals surface area contributed by atoms with Crippen LogP contribution in [0.1, 0.15) is 36.7 Å². The molecule has 0 bridgehead atoms. The van der Waals surface area contributed by atoms with Crippen molar-refractivity contribution in [2.24, 2.45) is 0 Å². The van der Waals surface area contributed by atoms with E-state index in [-0.39, 0.29) is 57.2 Å². The molecule has 16 heavy (non-hydrogen) atoms. The quantitative estimate of drug-likeness (QED) is 0.664. The first-order valence-electron chi connectivity index (χ1n) is 5.35. The van der Waals surface area contributed by atoms with Crippen molar-refractivity contribution in [2.45, 2.75) is 33.1 Å². The van der Waals surface area contributed by atoms with Crippen LogP contribution in [-0.2, 0) is 6.54 Å². The number of ketones is 1. The van der Waals surface area contributed by atoms with Gasteiger partial charge in [0.05, 0.1) is 0 Å². The van der Waals surface area contributed by atoms with Crippen molar-refractivity contribution in [3.05, 3.63) is 35.4 Å². The summed E-state index contributed by atoms with van der Waals surface area (Å²) in [4.78, 5) is 11.0. The number of Topliss-reactive ketones (excluding diaryl/α,β-unsaturated/α-hetero) is 1. The Bertz CT molecular complexity index is 288. The zero-order chi connectivity index (χ0) is 11.7. The van der Waals surface area contributed by atoms with Crippen molar-refractivity contribution in [1.29, 1.82) is 0 Å². The number of hydrogen-bond donors (Lipinski definition) is 1. The van der Waals surface area contributed by atoms with Crippen molar-refractivity contribution >= 4 is 72.6 Å². The molecule has 0 atom stereocenters. The minimum absolute atomic E-state index is 0. The molecule has 0 spiro atoms. The summed E-state index contributed by atoms with van der Waals surface area (Å²) in [5, 5.41) is 0. The number of rotatable bonds is 4. The monoisotopic (exact) mass is 259 g/mol. The smallest absolute Gasteiger partial charge is 0.316 e. The van der Waals surface area contributed by atoms with Crippen LogP contribution in [0.4, 0.5) is 0 Å². The molecule has 0 saturated heterocycles. The number of carbonyl (C=O) groups is 1. The third-order valence-corrected chi connectivity index (χ3v) is 2.48. The third-order valence-electron chi connectivity index (χ3n) is 1.87. The third kappa shape index (κ3) is 8.16. The van der Waals surface area contributed by atoms with E-state index in [1.165, 1.54) is 5.56 Å². The number of benzene rings is 1. The van der Waals surface area contributed by atoms with Crippen LogP contribution in [0.5, 0.6) is 0 Å². The molecule has 2 radical (unpaired) electrons. The first-order chi connectivity index (χ1) is 7.24. The zero-order valence-electron chi connectivity index (χ0n) is 11.0. The van der Waals surface area contributed by atoms with Crippen molar-refractivity contribution in [2.75, 3.05) is 0 Å². The van der Waals surface area contributed by atoms with E-state index in [9.17, 15) is 4.79 Å². The van der Waals surface area contributed by atoms with Crippen molar-refractivity contribution < 1.29 is 4.79 Å². The molecule has 0 aliphatic rings. The van der Waals surface area contributed by atoms with E-state index in [0.29, 0.717) is 15.4 Å². The molecule has 0 heterocycles. The maximum Gasteiger partial charge on any atom is 0.316 e. The summed E-state index contributed by atoms with van der Waals surface area (Å²) in [5.41, 5.74) is 2.02. The summed E-state index contributed by atoms with van der Waals surface area (Å²) < 4.78 is 3.31. The molecule has 1 rings (SSSR count). The second-order valence-electron chi connectivity index (χ2n) is 2.92. The van der Waals surface area contributed by atoms with Gasteiger partial charge >= 0.3 is 15.4 Å². The molecule has 0 aliphatic carbocycles. The van der Waals surface area contributed by atoms with E-state index >= 15 is 0 Å².